The highest BCUT2D eigenvalue weighted by Gasteiger charge is 2.39. The van der Waals surface area contributed by atoms with Gasteiger partial charge in [0.15, 0.2) is 0 Å². The van der Waals surface area contributed by atoms with Crippen LogP contribution < -0.4 is 0 Å². The summed E-state index contributed by atoms with van der Waals surface area (Å²) in [5, 5.41) is 28.7. The predicted octanol–water partition coefficient (Wildman–Crippen LogP) is 1.79. The number of aliphatic hydroxyl groups is 3. The van der Waals surface area contributed by atoms with Crippen molar-refractivity contribution in [1.29, 1.82) is 0 Å². The molecule has 3 N–H and O–H groups in total. The highest BCUT2D eigenvalue weighted by atomic mass is 16.6. The van der Waals surface area contributed by atoms with Gasteiger partial charge in [0.05, 0.1) is 13.2 Å². The Bertz CT molecular complexity index is 282. The first kappa shape index (κ1) is 19.6. The van der Waals surface area contributed by atoms with E-state index in [0.717, 1.165) is 19.3 Å². The highest BCUT2D eigenvalue weighted by molar-refractivity contribution is 4.87. The summed E-state index contributed by atoms with van der Waals surface area (Å²) in [5.74, 6) is 0. The van der Waals surface area contributed by atoms with Crippen LogP contribution in [0.3, 0.4) is 0 Å². The van der Waals surface area contributed by atoms with Gasteiger partial charge in [-0.2, -0.15) is 0 Å². The largest absolute Gasteiger partial charge is 0.394 e. The molecular weight excluding hydrogens is 284 g/mol. The molecule has 1 aliphatic rings. The molecule has 0 amide bonds. The van der Waals surface area contributed by atoms with E-state index in [4.69, 9.17) is 9.47 Å². The summed E-state index contributed by atoms with van der Waals surface area (Å²) in [5.41, 5.74) is 0. The van der Waals surface area contributed by atoms with E-state index in [2.05, 4.69) is 6.58 Å². The Balaban J connectivity index is 2.04. The Morgan fingerprint density at radius 2 is 1.68 bits per heavy atom. The molecule has 0 unspecified atom stereocenters. The van der Waals surface area contributed by atoms with Gasteiger partial charge < -0.3 is 24.8 Å². The summed E-state index contributed by atoms with van der Waals surface area (Å²) in [7, 11) is 0. The maximum atomic E-state index is 9.91. The van der Waals surface area contributed by atoms with Crippen molar-refractivity contribution in [2.75, 3.05) is 19.8 Å². The Kier molecular flexibility index (Phi) is 10.7. The van der Waals surface area contributed by atoms with Crippen molar-refractivity contribution in [1.82, 2.24) is 0 Å². The van der Waals surface area contributed by atoms with Gasteiger partial charge in [0.1, 0.15) is 24.4 Å². The maximum absolute atomic E-state index is 9.91. The van der Waals surface area contributed by atoms with Gasteiger partial charge in [0.2, 0.25) is 0 Å². The van der Waals surface area contributed by atoms with E-state index < -0.39 is 24.4 Å². The number of unbranched alkanes of at least 4 members (excludes halogenated alkanes) is 7. The molecule has 0 aromatic rings. The first-order chi connectivity index (χ1) is 10.7. The van der Waals surface area contributed by atoms with Crippen LogP contribution in [0, 0.1) is 0 Å². The average Bonchev–Trinajstić information content (AvgIpc) is 2.53. The quantitative estimate of drug-likeness (QED) is 0.378. The molecule has 1 aliphatic heterocycles. The zero-order valence-corrected chi connectivity index (χ0v) is 13.5. The van der Waals surface area contributed by atoms with Crippen molar-refractivity contribution < 1.29 is 24.8 Å². The number of allylic oxidation sites excluding steroid dienone is 1. The second-order valence-corrected chi connectivity index (χ2v) is 6.00. The van der Waals surface area contributed by atoms with Gasteiger partial charge in [-0.05, 0) is 19.3 Å². The molecule has 1 heterocycles. The van der Waals surface area contributed by atoms with Crippen LogP contribution in [-0.2, 0) is 9.47 Å². The van der Waals surface area contributed by atoms with Crippen molar-refractivity contribution in [3.63, 3.8) is 0 Å². The molecule has 0 spiro atoms. The number of aliphatic hydroxyl groups excluding tert-OH is 3. The predicted molar refractivity (Wildman–Crippen MR) is 85.7 cm³/mol. The molecule has 22 heavy (non-hydrogen) atoms. The topological polar surface area (TPSA) is 79.2 Å². The van der Waals surface area contributed by atoms with Gasteiger partial charge in [0.25, 0.3) is 0 Å². The van der Waals surface area contributed by atoms with Crippen LogP contribution in [0.2, 0.25) is 0 Å². The van der Waals surface area contributed by atoms with Gasteiger partial charge in [-0.15, -0.1) is 6.58 Å². The molecule has 0 saturated carbocycles. The zero-order chi connectivity index (χ0) is 16.2. The minimum absolute atomic E-state index is 0.0398. The third-order valence-electron chi connectivity index (χ3n) is 4.12. The van der Waals surface area contributed by atoms with E-state index in [0.29, 0.717) is 6.61 Å². The monoisotopic (exact) mass is 316 g/mol. The molecule has 0 aliphatic carbocycles. The van der Waals surface area contributed by atoms with Gasteiger partial charge >= 0.3 is 0 Å². The van der Waals surface area contributed by atoms with Crippen LogP contribution in [0.4, 0.5) is 0 Å². The minimum atomic E-state index is -0.990. The minimum Gasteiger partial charge on any atom is -0.394 e. The summed E-state index contributed by atoms with van der Waals surface area (Å²) >= 11 is 0. The fourth-order valence-electron chi connectivity index (χ4n) is 2.71. The van der Waals surface area contributed by atoms with E-state index >= 15 is 0 Å². The fraction of sp³-hybridized carbons (Fsp3) is 0.882. The molecule has 5 nitrogen and oxygen atoms in total. The van der Waals surface area contributed by atoms with Gasteiger partial charge in [-0.1, -0.05) is 38.2 Å². The fourth-order valence-corrected chi connectivity index (χ4v) is 2.71. The zero-order valence-electron chi connectivity index (χ0n) is 13.5. The van der Waals surface area contributed by atoms with E-state index in [1.165, 1.54) is 32.1 Å². The Labute approximate surface area is 133 Å². The van der Waals surface area contributed by atoms with Crippen LogP contribution in [0.15, 0.2) is 12.7 Å². The van der Waals surface area contributed by atoms with Gasteiger partial charge in [-0.25, -0.2) is 0 Å². The van der Waals surface area contributed by atoms with E-state index in [1.54, 1.807) is 0 Å². The first-order valence-corrected chi connectivity index (χ1v) is 8.51. The van der Waals surface area contributed by atoms with Crippen LogP contribution >= 0.6 is 0 Å². The molecule has 0 aromatic carbocycles. The van der Waals surface area contributed by atoms with Crippen molar-refractivity contribution in [3.8, 4) is 0 Å². The Morgan fingerprint density at radius 3 is 2.32 bits per heavy atom. The van der Waals surface area contributed by atoms with Crippen molar-refractivity contribution in [3.05, 3.63) is 12.7 Å². The molecular formula is C17H32O5. The van der Waals surface area contributed by atoms with E-state index in [1.807, 2.05) is 6.08 Å². The third kappa shape index (κ3) is 7.20. The van der Waals surface area contributed by atoms with Crippen molar-refractivity contribution in [2.45, 2.75) is 75.8 Å². The molecule has 130 valence electrons. The third-order valence-corrected chi connectivity index (χ3v) is 4.12. The van der Waals surface area contributed by atoms with Crippen LogP contribution in [0.1, 0.15) is 51.4 Å². The summed E-state index contributed by atoms with van der Waals surface area (Å²) in [6, 6.07) is 0. The van der Waals surface area contributed by atoms with E-state index in [9.17, 15) is 15.3 Å². The lowest BCUT2D eigenvalue weighted by molar-refractivity contribution is -0.211. The molecule has 0 radical (unpaired) electrons. The average molecular weight is 316 g/mol. The molecule has 1 fully saturated rings. The summed E-state index contributed by atoms with van der Waals surface area (Å²) in [4.78, 5) is 0. The number of rotatable bonds is 12. The number of hydrogen-bond acceptors (Lipinski definition) is 5. The highest BCUT2D eigenvalue weighted by Crippen LogP contribution is 2.19. The standard InChI is InChI=1S/C17H32O5/c1-2-3-4-5-6-7-8-9-10-11-21-17-15(12-18)22-13-14(19)16(17)20/h2,14-20H,1,3-13H2/t14-,15+,16+,17+/m0/s1. The SMILES string of the molecule is C=CCCCCCCCCCO[C@H]1[C@H](O)[C@@H](O)CO[C@@H]1CO. The lowest BCUT2D eigenvalue weighted by Gasteiger charge is -2.37. The molecule has 4 atom stereocenters. The number of ether oxygens (including phenoxy) is 2. The lowest BCUT2D eigenvalue weighted by atomic mass is 10.0. The maximum Gasteiger partial charge on any atom is 0.114 e. The Hall–Kier alpha value is -0.460. The molecule has 1 saturated heterocycles. The molecule has 0 bridgehead atoms. The summed E-state index contributed by atoms with van der Waals surface area (Å²) in [6.45, 7) is 4.07. The van der Waals surface area contributed by atoms with Gasteiger partial charge in [0, 0.05) is 6.61 Å². The second kappa shape index (κ2) is 12.0. The number of hydrogen-bond donors (Lipinski definition) is 3. The van der Waals surface area contributed by atoms with Crippen LogP contribution in [0.25, 0.3) is 0 Å². The van der Waals surface area contributed by atoms with Gasteiger partial charge in [-0.3, -0.25) is 0 Å². The van der Waals surface area contributed by atoms with Crippen molar-refractivity contribution >= 4 is 0 Å². The van der Waals surface area contributed by atoms with E-state index in [-0.39, 0.29) is 13.2 Å². The first-order valence-electron chi connectivity index (χ1n) is 8.51. The molecule has 0 aromatic heterocycles. The molecule has 5 heteroatoms. The normalized spacial score (nSPS) is 28.7. The van der Waals surface area contributed by atoms with Crippen LogP contribution in [-0.4, -0.2) is 59.6 Å². The smallest absolute Gasteiger partial charge is 0.114 e. The Morgan fingerprint density at radius 1 is 1.05 bits per heavy atom. The summed E-state index contributed by atoms with van der Waals surface area (Å²) < 4.78 is 10.9. The van der Waals surface area contributed by atoms with Crippen LogP contribution in [0.5, 0.6) is 0 Å². The lowest BCUT2D eigenvalue weighted by Crippen LogP contribution is -2.55. The molecule has 1 rings (SSSR count). The summed E-state index contributed by atoms with van der Waals surface area (Å²) in [6.07, 6.45) is 8.16. The second-order valence-electron chi connectivity index (χ2n) is 6.00. The van der Waals surface area contributed by atoms with Crippen molar-refractivity contribution in [2.24, 2.45) is 0 Å².